The number of allylic oxidation sites excluding steroid dienone is 3. The summed E-state index contributed by atoms with van der Waals surface area (Å²) < 4.78 is 0. The summed E-state index contributed by atoms with van der Waals surface area (Å²) >= 11 is 0. The SMILES string of the molecule is CC[C@H](/C=C/[C@H](C)[C@H]1CC[C@@H]2[C@H]3CC=C4C[C@@H](O)CC[C@@]4(C)[C@@H]3CC[C@]21C)C(C)C. The maximum Gasteiger partial charge on any atom is 0.0577 e. The molecule has 3 fully saturated rings. The molecule has 0 saturated heterocycles. The first-order chi connectivity index (χ1) is 14.2. The molecule has 1 heteroatoms. The highest BCUT2D eigenvalue weighted by Gasteiger charge is 2.58. The summed E-state index contributed by atoms with van der Waals surface area (Å²) in [5.41, 5.74) is 2.51. The molecule has 0 amide bonds. The van der Waals surface area contributed by atoms with Crippen LogP contribution in [0.4, 0.5) is 0 Å². The molecular formula is C29H48O. The number of aliphatic hydroxyl groups excluding tert-OH is 1. The minimum absolute atomic E-state index is 0.0870. The molecule has 0 bridgehead atoms. The first-order valence-electron chi connectivity index (χ1n) is 13.3. The van der Waals surface area contributed by atoms with Gasteiger partial charge in [0.25, 0.3) is 0 Å². The van der Waals surface area contributed by atoms with Gasteiger partial charge in [-0.1, -0.05) is 65.3 Å². The van der Waals surface area contributed by atoms with Crippen LogP contribution in [0.25, 0.3) is 0 Å². The molecule has 1 N–H and O–H groups in total. The van der Waals surface area contributed by atoms with Crippen molar-refractivity contribution in [2.45, 2.75) is 105 Å². The van der Waals surface area contributed by atoms with Crippen LogP contribution in [0, 0.1) is 52.3 Å². The second-order valence-electron chi connectivity index (χ2n) is 12.4. The summed E-state index contributed by atoms with van der Waals surface area (Å²) in [7, 11) is 0. The third kappa shape index (κ3) is 3.66. The smallest absolute Gasteiger partial charge is 0.0577 e. The monoisotopic (exact) mass is 412 g/mol. The summed E-state index contributed by atoms with van der Waals surface area (Å²) in [6.45, 7) is 14.8. The van der Waals surface area contributed by atoms with Crippen LogP contribution < -0.4 is 0 Å². The van der Waals surface area contributed by atoms with E-state index in [2.05, 4.69) is 59.8 Å². The van der Waals surface area contributed by atoms with Gasteiger partial charge in [0.15, 0.2) is 0 Å². The Kier molecular flexibility index (Phi) is 6.35. The summed E-state index contributed by atoms with van der Waals surface area (Å²) in [4.78, 5) is 0. The fraction of sp³-hybridized carbons (Fsp3) is 0.862. The number of fused-ring (bicyclic) bond motifs is 5. The Morgan fingerprint density at radius 2 is 1.80 bits per heavy atom. The maximum absolute atomic E-state index is 10.2. The minimum Gasteiger partial charge on any atom is -0.393 e. The van der Waals surface area contributed by atoms with E-state index < -0.39 is 0 Å². The van der Waals surface area contributed by atoms with Crippen molar-refractivity contribution in [3.8, 4) is 0 Å². The van der Waals surface area contributed by atoms with Gasteiger partial charge in [0.2, 0.25) is 0 Å². The molecule has 0 radical (unpaired) electrons. The van der Waals surface area contributed by atoms with Crippen molar-refractivity contribution in [1.29, 1.82) is 0 Å². The Morgan fingerprint density at radius 3 is 2.50 bits per heavy atom. The van der Waals surface area contributed by atoms with E-state index in [9.17, 15) is 5.11 Å². The van der Waals surface area contributed by atoms with E-state index in [1.807, 2.05) is 0 Å². The fourth-order valence-electron chi connectivity index (χ4n) is 8.83. The molecule has 170 valence electrons. The molecule has 0 aromatic carbocycles. The maximum atomic E-state index is 10.2. The molecule has 3 saturated carbocycles. The predicted molar refractivity (Wildman–Crippen MR) is 128 cm³/mol. The first kappa shape index (κ1) is 22.6. The van der Waals surface area contributed by atoms with Crippen LogP contribution in [0.1, 0.15) is 99.3 Å². The molecule has 4 aliphatic rings. The third-order valence-corrected chi connectivity index (χ3v) is 10.8. The lowest BCUT2D eigenvalue weighted by Crippen LogP contribution is -2.50. The van der Waals surface area contributed by atoms with Gasteiger partial charge < -0.3 is 5.11 Å². The van der Waals surface area contributed by atoms with Gasteiger partial charge in [-0.05, 0) is 110 Å². The molecule has 4 aliphatic carbocycles. The molecule has 1 nitrogen and oxygen atoms in total. The Morgan fingerprint density at radius 1 is 1.03 bits per heavy atom. The highest BCUT2D eigenvalue weighted by atomic mass is 16.3. The average molecular weight is 413 g/mol. The third-order valence-electron chi connectivity index (χ3n) is 10.8. The normalized spacial score (nSPS) is 45.6. The van der Waals surface area contributed by atoms with Gasteiger partial charge in [-0.25, -0.2) is 0 Å². The van der Waals surface area contributed by atoms with E-state index in [0.29, 0.717) is 16.7 Å². The molecule has 30 heavy (non-hydrogen) atoms. The fourth-order valence-corrected chi connectivity index (χ4v) is 8.83. The van der Waals surface area contributed by atoms with Crippen LogP contribution in [0.5, 0.6) is 0 Å². The van der Waals surface area contributed by atoms with Crippen LogP contribution in [0.2, 0.25) is 0 Å². The Balaban J connectivity index is 1.52. The molecule has 0 aromatic heterocycles. The average Bonchev–Trinajstić information content (AvgIpc) is 3.06. The van der Waals surface area contributed by atoms with Crippen molar-refractivity contribution < 1.29 is 5.11 Å². The molecule has 4 rings (SSSR count). The van der Waals surface area contributed by atoms with E-state index in [1.165, 1.54) is 44.9 Å². The lowest BCUT2D eigenvalue weighted by Gasteiger charge is -2.58. The molecule has 9 atom stereocenters. The van der Waals surface area contributed by atoms with Crippen LogP contribution >= 0.6 is 0 Å². The van der Waals surface area contributed by atoms with E-state index in [-0.39, 0.29) is 6.10 Å². The number of aliphatic hydroxyl groups is 1. The standard InChI is InChI=1S/C29H48O/c1-7-21(19(2)3)9-8-20(4)25-12-13-26-24-11-10-22-18-23(30)14-16-28(22,5)27(24)15-17-29(25,26)6/h8-10,19-21,23-27,30H,7,11-18H2,1-6H3/b9-8+/t20-,21+,23-,24+,25+,26+,27+,28+,29-/m0/s1. The van der Waals surface area contributed by atoms with Crippen LogP contribution in [0.15, 0.2) is 23.8 Å². The highest BCUT2D eigenvalue weighted by Crippen LogP contribution is 2.67. The zero-order chi connectivity index (χ0) is 21.7. The number of rotatable bonds is 5. The lowest BCUT2D eigenvalue weighted by molar-refractivity contribution is -0.0540. The van der Waals surface area contributed by atoms with Crippen molar-refractivity contribution in [2.75, 3.05) is 0 Å². The Bertz CT molecular complexity index is 674. The van der Waals surface area contributed by atoms with Crippen molar-refractivity contribution in [2.24, 2.45) is 52.3 Å². The largest absolute Gasteiger partial charge is 0.393 e. The second kappa shape index (κ2) is 8.42. The van der Waals surface area contributed by atoms with Gasteiger partial charge >= 0.3 is 0 Å². The van der Waals surface area contributed by atoms with Crippen LogP contribution in [0.3, 0.4) is 0 Å². The zero-order valence-corrected chi connectivity index (χ0v) is 20.7. The summed E-state index contributed by atoms with van der Waals surface area (Å²) in [6.07, 6.45) is 19.1. The van der Waals surface area contributed by atoms with E-state index in [0.717, 1.165) is 48.3 Å². The molecule has 0 unspecified atom stereocenters. The predicted octanol–water partition coefficient (Wildman–Crippen LogP) is 7.80. The molecule has 0 spiro atoms. The van der Waals surface area contributed by atoms with Crippen LogP contribution in [-0.4, -0.2) is 11.2 Å². The summed E-state index contributed by atoms with van der Waals surface area (Å²) in [6, 6.07) is 0. The number of hydrogen-bond donors (Lipinski definition) is 1. The van der Waals surface area contributed by atoms with E-state index in [1.54, 1.807) is 5.57 Å². The Hall–Kier alpha value is -0.560. The zero-order valence-electron chi connectivity index (χ0n) is 20.7. The molecule has 0 heterocycles. The van der Waals surface area contributed by atoms with Crippen molar-refractivity contribution in [3.63, 3.8) is 0 Å². The van der Waals surface area contributed by atoms with Crippen molar-refractivity contribution in [3.05, 3.63) is 23.8 Å². The van der Waals surface area contributed by atoms with E-state index >= 15 is 0 Å². The summed E-state index contributed by atoms with van der Waals surface area (Å²) in [5.74, 6) is 5.70. The second-order valence-corrected chi connectivity index (χ2v) is 12.4. The van der Waals surface area contributed by atoms with Gasteiger partial charge in [-0.15, -0.1) is 0 Å². The highest BCUT2D eigenvalue weighted by molar-refractivity contribution is 5.25. The molecule has 0 aromatic rings. The summed E-state index contributed by atoms with van der Waals surface area (Å²) in [5, 5.41) is 10.2. The van der Waals surface area contributed by atoms with Crippen molar-refractivity contribution in [1.82, 2.24) is 0 Å². The number of hydrogen-bond acceptors (Lipinski definition) is 1. The van der Waals surface area contributed by atoms with Gasteiger partial charge in [0.05, 0.1) is 6.10 Å². The topological polar surface area (TPSA) is 20.2 Å². The van der Waals surface area contributed by atoms with E-state index in [4.69, 9.17) is 0 Å². The van der Waals surface area contributed by atoms with Gasteiger partial charge in [0.1, 0.15) is 0 Å². The van der Waals surface area contributed by atoms with Gasteiger partial charge in [-0.3, -0.25) is 0 Å². The van der Waals surface area contributed by atoms with Gasteiger partial charge in [0, 0.05) is 0 Å². The molecule has 0 aliphatic heterocycles. The quantitative estimate of drug-likeness (QED) is 0.457. The lowest BCUT2D eigenvalue weighted by atomic mass is 9.47. The van der Waals surface area contributed by atoms with Crippen molar-refractivity contribution >= 4 is 0 Å². The first-order valence-corrected chi connectivity index (χ1v) is 13.3. The van der Waals surface area contributed by atoms with Crippen LogP contribution in [-0.2, 0) is 0 Å². The Labute approximate surface area is 186 Å². The van der Waals surface area contributed by atoms with Gasteiger partial charge in [-0.2, -0.15) is 0 Å². The minimum atomic E-state index is -0.0870. The molecular weight excluding hydrogens is 364 g/mol.